The number of sulfone groups is 2. The van der Waals surface area contributed by atoms with Gasteiger partial charge in [-0.2, -0.15) is 5.10 Å². The number of amides is 2. The molecule has 4 aromatic carbocycles. The standard InChI is InChI=1S/C26H22N4O4S.C21H15Cl2N3O3S/c1-17-12-18(2)30(29-17)21-4-3-5-23(14-21)35(32,33)22-8-6-19(7-9-22)15-28-26(31)24-13-20-10-11-27-16-25(20)34-24;22-15-8-16(23)10-18(9-15)30(28,29)17-3-1-13(2-4-17)11-25-21(27)20-7-14-12-24-6-5-19(14)26-20/h3-14,16H,15H2,1-2H3,(H,28,31);1-10,12,26H,11H2,(H,25,27). The predicted octanol–water partition coefficient (Wildman–Crippen LogP) is 9.03. The number of carbonyl (C=O) groups excluding carboxylic acids is 2. The van der Waals surface area contributed by atoms with Gasteiger partial charge in [0.05, 0.1) is 37.2 Å². The summed E-state index contributed by atoms with van der Waals surface area (Å²) in [4.78, 5) is 36.3. The predicted molar refractivity (Wildman–Crippen MR) is 246 cm³/mol. The lowest BCUT2D eigenvalue weighted by Crippen LogP contribution is -2.23. The first-order chi connectivity index (χ1) is 31.1. The van der Waals surface area contributed by atoms with Crippen molar-refractivity contribution in [3.8, 4) is 5.69 Å². The van der Waals surface area contributed by atoms with E-state index in [9.17, 15) is 26.4 Å². The molecule has 0 radical (unpaired) electrons. The number of hydrogen-bond acceptors (Lipinski definition) is 10. The van der Waals surface area contributed by atoms with E-state index >= 15 is 0 Å². The number of furan rings is 1. The summed E-state index contributed by atoms with van der Waals surface area (Å²) in [5, 5.41) is 12.2. The Morgan fingerprint density at radius 1 is 0.646 bits per heavy atom. The molecule has 9 aromatic rings. The molecule has 5 aromatic heterocycles. The second-order valence-electron chi connectivity index (χ2n) is 14.8. The van der Waals surface area contributed by atoms with Gasteiger partial charge in [0.2, 0.25) is 19.7 Å². The third kappa shape index (κ3) is 10.0. The van der Waals surface area contributed by atoms with Gasteiger partial charge in [-0.3, -0.25) is 19.6 Å². The van der Waals surface area contributed by atoms with Crippen LogP contribution in [0.25, 0.3) is 27.6 Å². The van der Waals surface area contributed by atoms with Crippen LogP contribution in [0.15, 0.2) is 170 Å². The van der Waals surface area contributed by atoms with Crippen molar-refractivity contribution >= 4 is 76.6 Å². The highest BCUT2D eigenvalue weighted by Crippen LogP contribution is 2.28. The molecule has 0 saturated heterocycles. The number of nitrogens with one attached hydrogen (secondary N) is 3. The highest BCUT2D eigenvalue weighted by atomic mass is 35.5. The summed E-state index contributed by atoms with van der Waals surface area (Å²) >= 11 is 11.8. The molecule has 5 heterocycles. The second kappa shape index (κ2) is 18.5. The minimum atomic E-state index is -3.76. The molecule has 0 unspecified atom stereocenters. The quantitative estimate of drug-likeness (QED) is 0.112. The maximum Gasteiger partial charge on any atom is 0.287 e. The van der Waals surface area contributed by atoms with Crippen molar-refractivity contribution in [3.63, 3.8) is 0 Å². The first-order valence-electron chi connectivity index (χ1n) is 19.7. The topological polar surface area (TPSA) is 199 Å². The molecular weight excluding hydrogens is 910 g/mol. The fourth-order valence-electron chi connectivity index (χ4n) is 6.84. The SMILES string of the molecule is Cc1cc(C)n(-c2cccc(S(=O)(=O)c3ccc(CNC(=O)c4cc5ccncc5o4)cc3)c2)n1.O=C(NCc1ccc(S(=O)(=O)c2cc(Cl)cc(Cl)c2)cc1)c1cc2cnccc2[nH]1. The van der Waals surface area contributed by atoms with Gasteiger partial charge in [-0.15, -0.1) is 0 Å². The van der Waals surface area contributed by atoms with Crippen molar-refractivity contribution < 1.29 is 30.8 Å². The number of nitrogens with zero attached hydrogens (tertiary/aromatic N) is 4. The van der Waals surface area contributed by atoms with E-state index in [1.165, 1.54) is 30.3 Å². The molecule has 65 heavy (non-hydrogen) atoms. The van der Waals surface area contributed by atoms with E-state index in [0.29, 0.717) is 17.0 Å². The third-order valence-corrected chi connectivity index (χ3v) is 14.1. The van der Waals surface area contributed by atoms with Crippen molar-refractivity contribution in [2.24, 2.45) is 0 Å². The van der Waals surface area contributed by atoms with Crippen LogP contribution >= 0.6 is 23.2 Å². The minimum absolute atomic E-state index is 0.0225. The molecule has 0 atom stereocenters. The van der Waals surface area contributed by atoms with Crippen LogP contribution in [0.4, 0.5) is 0 Å². The van der Waals surface area contributed by atoms with Crippen LogP contribution in [0, 0.1) is 13.8 Å². The lowest BCUT2D eigenvalue weighted by molar-refractivity contribution is 0.0923. The largest absolute Gasteiger partial charge is 0.449 e. The zero-order valence-electron chi connectivity index (χ0n) is 34.5. The summed E-state index contributed by atoms with van der Waals surface area (Å²) < 4.78 is 59.3. The Morgan fingerprint density at radius 2 is 1.26 bits per heavy atom. The van der Waals surface area contributed by atoms with Crippen LogP contribution in [-0.4, -0.2) is 53.4 Å². The number of H-pyrrole nitrogens is 1. The van der Waals surface area contributed by atoms with Crippen LogP contribution in [-0.2, 0) is 32.8 Å². The van der Waals surface area contributed by atoms with Crippen LogP contribution in [0.1, 0.15) is 43.6 Å². The Kier molecular flexibility index (Phi) is 12.7. The molecule has 14 nitrogen and oxygen atoms in total. The van der Waals surface area contributed by atoms with Crippen LogP contribution in [0.3, 0.4) is 0 Å². The van der Waals surface area contributed by atoms with E-state index in [4.69, 9.17) is 27.6 Å². The van der Waals surface area contributed by atoms with Crippen molar-refractivity contribution in [2.75, 3.05) is 0 Å². The van der Waals surface area contributed by atoms with Gasteiger partial charge in [-0.25, -0.2) is 21.5 Å². The highest BCUT2D eigenvalue weighted by Gasteiger charge is 2.21. The van der Waals surface area contributed by atoms with E-state index in [1.807, 2.05) is 26.0 Å². The molecule has 0 saturated carbocycles. The molecule has 0 fully saturated rings. The van der Waals surface area contributed by atoms with E-state index in [2.05, 4.69) is 30.7 Å². The fourth-order valence-corrected chi connectivity index (χ4v) is 10.1. The Hall–Kier alpha value is -7.11. The first-order valence-corrected chi connectivity index (χ1v) is 23.5. The van der Waals surface area contributed by atoms with E-state index in [1.54, 1.807) is 108 Å². The van der Waals surface area contributed by atoms with Crippen molar-refractivity contribution in [3.05, 3.63) is 190 Å². The number of aryl methyl sites for hydroxylation is 2. The van der Waals surface area contributed by atoms with Gasteiger partial charge in [0.1, 0.15) is 5.69 Å². The van der Waals surface area contributed by atoms with E-state index in [-0.39, 0.29) is 60.3 Å². The normalized spacial score (nSPS) is 11.6. The maximum absolute atomic E-state index is 13.2. The smallest absolute Gasteiger partial charge is 0.287 e. The Bertz CT molecular complexity index is 3370. The molecule has 0 aliphatic rings. The van der Waals surface area contributed by atoms with Crippen LogP contribution < -0.4 is 10.6 Å². The summed E-state index contributed by atoms with van der Waals surface area (Å²) in [5.74, 6) is -0.440. The second-order valence-corrected chi connectivity index (χ2v) is 19.5. The number of aromatic nitrogens is 5. The van der Waals surface area contributed by atoms with Crippen molar-refractivity contribution in [1.82, 2.24) is 35.4 Å². The fraction of sp³-hybridized carbons (Fsp3) is 0.0851. The van der Waals surface area contributed by atoms with Gasteiger partial charge in [-0.1, -0.05) is 53.5 Å². The van der Waals surface area contributed by atoms with Gasteiger partial charge in [0, 0.05) is 63.7 Å². The van der Waals surface area contributed by atoms with Gasteiger partial charge in [0.15, 0.2) is 11.3 Å². The summed E-state index contributed by atoms with van der Waals surface area (Å²) in [7, 11) is -7.49. The molecule has 18 heteroatoms. The number of carbonyl (C=O) groups is 2. The van der Waals surface area contributed by atoms with Crippen molar-refractivity contribution in [1.29, 1.82) is 0 Å². The summed E-state index contributed by atoms with van der Waals surface area (Å²) in [6, 6.07) is 32.5. The molecule has 328 valence electrons. The number of pyridine rings is 2. The molecular formula is C47H37Cl2N7O7S2. The third-order valence-electron chi connectivity index (χ3n) is 10.1. The van der Waals surface area contributed by atoms with Crippen LogP contribution in [0.2, 0.25) is 10.0 Å². The van der Waals surface area contributed by atoms with Gasteiger partial charge >= 0.3 is 0 Å². The molecule has 0 bridgehead atoms. The maximum atomic E-state index is 13.2. The number of halogens is 2. The van der Waals surface area contributed by atoms with Crippen molar-refractivity contribution in [2.45, 2.75) is 46.5 Å². The number of fused-ring (bicyclic) bond motifs is 2. The van der Waals surface area contributed by atoms with Crippen LogP contribution in [0.5, 0.6) is 0 Å². The number of benzene rings is 4. The molecule has 0 aliphatic heterocycles. The monoisotopic (exact) mass is 945 g/mol. The summed E-state index contributed by atoms with van der Waals surface area (Å²) in [6.45, 7) is 4.28. The molecule has 9 rings (SSSR count). The number of aromatic amines is 1. The van der Waals surface area contributed by atoms with Gasteiger partial charge < -0.3 is 20.0 Å². The van der Waals surface area contributed by atoms with E-state index in [0.717, 1.165) is 38.8 Å². The zero-order chi connectivity index (χ0) is 45.9. The molecule has 0 aliphatic carbocycles. The van der Waals surface area contributed by atoms with Gasteiger partial charge in [-0.05, 0) is 116 Å². The molecule has 2 amide bonds. The Morgan fingerprint density at radius 3 is 1.88 bits per heavy atom. The number of rotatable bonds is 11. The van der Waals surface area contributed by atoms with E-state index < -0.39 is 19.7 Å². The Balaban J connectivity index is 0.000000179. The minimum Gasteiger partial charge on any atom is -0.449 e. The average molecular weight is 947 g/mol. The summed E-state index contributed by atoms with van der Waals surface area (Å²) in [5.41, 5.74) is 5.75. The number of hydrogen-bond donors (Lipinski definition) is 3. The average Bonchev–Trinajstić information content (AvgIpc) is 4.04. The molecule has 3 N–H and O–H groups in total. The lowest BCUT2D eigenvalue weighted by Gasteiger charge is -2.09. The molecule has 0 spiro atoms. The highest BCUT2D eigenvalue weighted by molar-refractivity contribution is 7.91. The lowest BCUT2D eigenvalue weighted by atomic mass is 10.2. The summed E-state index contributed by atoms with van der Waals surface area (Å²) in [6.07, 6.45) is 6.51. The first kappa shape index (κ1) is 44.5. The Labute approximate surface area is 383 Å². The zero-order valence-corrected chi connectivity index (χ0v) is 37.6. The van der Waals surface area contributed by atoms with Gasteiger partial charge in [0.25, 0.3) is 11.8 Å².